The van der Waals surface area contributed by atoms with E-state index < -0.39 is 17.4 Å². The highest BCUT2D eigenvalue weighted by atomic mass is 35.5. The molecule has 0 bridgehead atoms. The number of carbonyl (C=O) groups is 1. The summed E-state index contributed by atoms with van der Waals surface area (Å²) in [4.78, 5) is 12.5. The molecule has 2 unspecified atom stereocenters. The first-order chi connectivity index (χ1) is 9.66. The summed E-state index contributed by atoms with van der Waals surface area (Å²) >= 11 is 5.88. The maximum absolute atomic E-state index is 12.5. The lowest BCUT2D eigenvalue weighted by Gasteiger charge is -2.27. The second kappa shape index (κ2) is 6.95. The van der Waals surface area contributed by atoms with E-state index in [1.54, 1.807) is 12.1 Å². The molecule has 0 heterocycles. The van der Waals surface area contributed by atoms with Crippen molar-refractivity contribution in [2.45, 2.75) is 46.6 Å². The molecule has 2 atom stereocenters. The van der Waals surface area contributed by atoms with Crippen LogP contribution >= 0.6 is 11.6 Å². The van der Waals surface area contributed by atoms with Crippen LogP contribution in [0.4, 0.5) is 0 Å². The molecular formula is C17H22ClNO2. The molecule has 0 aromatic heterocycles. The fourth-order valence-electron chi connectivity index (χ4n) is 2.05. The predicted octanol–water partition coefficient (Wildman–Crippen LogP) is 4.56. The van der Waals surface area contributed by atoms with Crippen molar-refractivity contribution in [1.29, 1.82) is 5.26 Å². The second-order valence-electron chi connectivity index (χ2n) is 6.59. The first kappa shape index (κ1) is 17.5. The summed E-state index contributed by atoms with van der Waals surface area (Å²) in [5.41, 5.74) is 0.441. The molecule has 0 amide bonds. The maximum atomic E-state index is 12.5. The highest BCUT2D eigenvalue weighted by Gasteiger charge is 2.33. The number of benzene rings is 1. The van der Waals surface area contributed by atoms with Gasteiger partial charge in [-0.25, -0.2) is 0 Å². The van der Waals surface area contributed by atoms with Crippen molar-refractivity contribution < 1.29 is 9.53 Å². The number of carbonyl (C=O) groups excluding carboxylic acids is 1. The van der Waals surface area contributed by atoms with Crippen molar-refractivity contribution in [2.24, 2.45) is 11.3 Å². The molecule has 0 fully saturated rings. The molecule has 0 N–H and O–H groups in total. The third-order valence-corrected chi connectivity index (χ3v) is 3.54. The van der Waals surface area contributed by atoms with Crippen LogP contribution in [0.15, 0.2) is 24.3 Å². The average Bonchev–Trinajstić information content (AvgIpc) is 2.36. The molecule has 21 heavy (non-hydrogen) atoms. The molecule has 3 nitrogen and oxygen atoms in total. The fraction of sp³-hybridized carbons (Fsp3) is 0.529. The van der Waals surface area contributed by atoms with Gasteiger partial charge in [0.2, 0.25) is 0 Å². The monoisotopic (exact) mass is 307 g/mol. The van der Waals surface area contributed by atoms with Crippen molar-refractivity contribution in [3.8, 4) is 6.07 Å². The zero-order chi connectivity index (χ0) is 16.2. The number of hydrogen-bond donors (Lipinski definition) is 0. The Kier molecular flexibility index (Phi) is 5.80. The first-order valence-electron chi connectivity index (χ1n) is 7.02. The van der Waals surface area contributed by atoms with Crippen LogP contribution in [0.25, 0.3) is 0 Å². The van der Waals surface area contributed by atoms with Gasteiger partial charge in [0.05, 0.1) is 5.92 Å². The summed E-state index contributed by atoms with van der Waals surface area (Å²) in [6.45, 7) is 9.54. The van der Waals surface area contributed by atoms with Gasteiger partial charge in [-0.2, -0.15) is 5.26 Å². The van der Waals surface area contributed by atoms with E-state index in [1.807, 2.05) is 46.8 Å². The Morgan fingerprint density at radius 1 is 1.24 bits per heavy atom. The van der Waals surface area contributed by atoms with Gasteiger partial charge in [-0.05, 0) is 23.6 Å². The topological polar surface area (TPSA) is 50.1 Å². The molecule has 0 saturated heterocycles. The highest BCUT2D eigenvalue weighted by Crippen LogP contribution is 2.30. The zero-order valence-electron chi connectivity index (χ0n) is 13.2. The number of esters is 1. The molecule has 114 valence electrons. The van der Waals surface area contributed by atoms with Crippen LogP contribution in [0, 0.1) is 22.7 Å². The van der Waals surface area contributed by atoms with Crippen LogP contribution < -0.4 is 0 Å². The van der Waals surface area contributed by atoms with Crippen molar-refractivity contribution in [1.82, 2.24) is 0 Å². The minimum atomic E-state index is -0.765. The summed E-state index contributed by atoms with van der Waals surface area (Å²) in [7, 11) is 0. The van der Waals surface area contributed by atoms with Gasteiger partial charge < -0.3 is 4.74 Å². The predicted molar refractivity (Wildman–Crippen MR) is 84.0 cm³/mol. The molecule has 4 heteroatoms. The highest BCUT2D eigenvalue weighted by molar-refractivity contribution is 6.30. The van der Waals surface area contributed by atoms with Crippen molar-refractivity contribution in [3.63, 3.8) is 0 Å². The lowest BCUT2D eigenvalue weighted by atomic mass is 9.87. The lowest BCUT2D eigenvalue weighted by Crippen LogP contribution is -2.33. The molecule has 0 saturated carbocycles. The van der Waals surface area contributed by atoms with E-state index in [-0.39, 0.29) is 11.9 Å². The fourth-order valence-corrected chi connectivity index (χ4v) is 2.18. The van der Waals surface area contributed by atoms with Gasteiger partial charge in [-0.1, -0.05) is 58.4 Å². The second-order valence-corrected chi connectivity index (χ2v) is 7.02. The summed E-state index contributed by atoms with van der Waals surface area (Å²) in [6, 6.07) is 9.23. The van der Waals surface area contributed by atoms with Gasteiger partial charge in [-0.15, -0.1) is 0 Å². The van der Waals surface area contributed by atoms with E-state index in [0.717, 1.165) is 5.56 Å². The first-order valence-corrected chi connectivity index (χ1v) is 7.40. The standard InChI is InChI=1S/C17H22ClNO2/c1-11(2)15(12-6-8-13(18)9-7-12)16(20)21-14(10-19)17(3,4)5/h6-9,11,14-15H,1-5H3. The molecule has 0 aliphatic carbocycles. The van der Waals surface area contributed by atoms with Crippen LogP contribution in [-0.4, -0.2) is 12.1 Å². The molecular weight excluding hydrogens is 286 g/mol. The van der Waals surface area contributed by atoms with Gasteiger partial charge in [0.1, 0.15) is 6.07 Å². The van der Waals surface area contributed by atoms with Crippen LogP contribution in [0.1, 0.15) is 46.1 Å². The summed E-state index contributed by atoms with van der Waals surface area (Å²) in [5, 5.41) is 9.82. The largest absolute Gasteiger partial charge is 0.446 e. The molecule has 1 rings (SSSR count). The minimum Gasteiger partial charge on any atom is -0.446 e. The van der Waals surface area contributed by atoms with Crippen LogP contribution in [0.2, 0.25) is 5.02 Å². The number of ether oxygens (including phenoxy) is 1. The Bertz CT molecular complexity index is 523. The molecule has 0 aliphatic rings. The Hall–Kier alpha value is -1.53. The van der Waals surface area contributed by atoms with E-state index in [1.165, 1.54) is 0 Å². The number of rotatable bonds is 4. The van der Waals surface area contributed by atoms with Gasteiger partial charge in [0.15, 0.2) is 6.10 Å². The third-order valence-electron chi connectivity index (χ3n) is 3.29. The van der Waals surface area contributed by atoms with E-state index in [4.69, 9.17) is 16.3 Å². The molecule has 1 aromatic rings. The van der Waals surface area contributed by atoms with Crippen molar-refractivity contribution >= 4 is 17.6 Å². The number of hydrogen-bond acceptors (Lipinski definition) is 3. The van der Waals surface area contributed by atoms with E-state index in [0.29, 0.717) is 5.02 Å². The van der Waals surface area contributed by atoms with Gasteiger partial charge in [0.25, 0.3) is 0 Å². The van der Waals surface area contributed by atoms with Crippen molar-refractivity contribution in [3.05, 3.63) is 34.9 Å². The van der Waals surface area contributed by atoms with Gasteiger partial charge >= 0.3 is 5.97 Å². The maximum Gasteiger partial charge on any atom is 0.315 e. The van der Waals surface area contributed by atoms with Crippen LogP contribution in [-0.2, 0) is 9.53 Å². The van der Waals surface area contributed by atoms with Gasteiger partial charge in [0, 0.05) is 10.4 Å². The normalized spacial score (nSPS) is 14.4. The number of nitriles is 1. The number of halogens is 1. The van der Waals surface area contributed by atoms with E-state index in [9.17, 15) is 10.1 Å². The molecule has 0 spiro atoms. The molecule has 0 radical (unpaired) electrons. The quantitative estimate of drug-likeness (QED) is 0.766. The molecule has 1 aromatic carbocycles. The van der Waals surface area contributed by atoms with E-state index in [2.05, 4.69) is 6.07 Å². The zero-order valence-corrected chi connectivity index (χ0v) is 13.9. The van der Waals surface area contributed by atoms with Gasteiger partial charge in [-0.3, -0.25) is 4.79 Å². The summed E-state index contributed by atoms with van der Waals surface area (Å²) < 4.78 is 5.44. The Balaban J connectivity index is 2.99. The Morgan fingerprint density at radius 3 is 2.14 bits per heavy atom. The lowest BCUT2D eigenvalue weighted by molar-refractivity contribution is -0.153. The minimum absolute atomic E-state index is 0.0676. The summed E-state index contributed by atoms with van der Waals surface area (Å²) in [5.74, 6) is -0.702. The number of nitrogens with zero attached hydrogens (tertiary/aromatic N) is 1. The average molecular weight is 308 g/mol. The SMILES string of the molecule is CC(C)C(C(=O)OC(C#N)C(C)(C)C)c1ccc(Cl)cc1. The van der Waals surface area contributed by atoms with Crippen molar-refractivity contribution in [2.75, 3.05) is 0 Å². The van der Waals surface area contributed by atoms with Crippen LogP contribution in [0.5, 0.6) is 0 Å². The summed E-state index contributed by atoms with van der Waals surface area (Å²) in [6.07, 6.45) is -0.765. The Morgan fingerprint density at radius 2 is 1.76 bits per heavy atom. The van der Waals surface area contributed by atoms with Crippen LogP contribution in [0.3, 0.4) is 0 Å². The Labute approximate surface area is 131 Å². The van der Waals surface area contributed by atoms with E-state index >= 15 is 0 Å². The third kappa shape index (κ3) is 4.75. The smallest absolute Gasteiger partial charge is 0.315 e. The molecule has 0 aliphatic heterocycles.